The highest BCUT2D eigenvalue weighted by atomic mass is 32.2. The van der Waals surface area contributed by atoms with E-state index in [1.54, 1.807) is 0 Å². The average Bonchev–Trinajstić information content (AvgIpc) is 2.41. The van der Waals surface area contributed by atoms with Crippen LogP contribution in [0.1, 0.15) is 66.2 Å². The zero-order chi connectivity index (χ0) is 16.1. The van der Waals surface area contributed by atoms with E-state index in [1.807, 2.05) is 13.8 Å². The lowest BCUT2D eigenvalue weighted by Crippen LogP contribution is -2.50. The molecule has 0 aromatic carbocycles. The first-order chi connectivity index (χ1) is 9.64. The van der Waals surface area contributed by atoms with Gasteiger partial charge in [0.2, 0.25) is 0 Å². The molecule has 0 aromatic rings. The number of hydrogen-bond acceptors (Lipinski definition) is 3. The summed E-state index contributed by atoms with van der Waals surface area (Å²) in [7, 11) is -3.49. The van der Waals surface area contributed by atoms with Crippen LogP contribution < -0.4 is 4.72 Å². The number of nitrogens with one attached hydrogen (secondary N) is 1. The van der Waals surface area contributed by atoms with Crippen molar-refractivity contribution < 1.29 is 13.5 Å². The third kappa shape index (κ3) is 5.85. The maximum Gasteiger partial charge on any atom is 0.279 e. The van der Waals surface area contributed by atoms with Gasteiger partial charge in [-0.3, -0.25) is 0 Å². The van der Waals surface area contributed by atoms with E-state index in [0.29, 0.717) is 25.9 Å². The van der Waals surface area contributed by atoms with Crippen molar-refractivity contribution in [3.05, 3.63) is 0 Å². The van der Waals surface area contributed by atoms with Gasteiger partial charge in [0.1, 0.15) is 0 Å². The summed E-state index contributed by atoms with van der Waals surface area (Å²) in [5.74, 6) is 0. The molecule has 0 heterocycles. The van der Waals surface area contributed by atoms with Crippen molar-refractivity contribution in [1.82, 2.24) is 9.03 Å². The Morgan fingerprint density at radius 3 is 1.95 bits per heavy atom. The SMILES string of the molecule is CCCN(CCC)S(=O)(=O)NCC1(O)CCC(C)(C)CC1. The molecule has 126 valence electrons. The van der Waals surface area contributed by atoms with Crippen molar-refractivity contribution in [3.8, 4) is 0 Å². The predicted octanol–water partition coefficient (Wildman–Crippen LogP) is 2.27. The second-order valence-electron chi connectivity index (χ2n) is 7.11. The van der Waals surface area contributed by atoms with Crippen LogP contribution in [0.2, 0.25) is 0 Å². The van der Waals surface area contributed by atoms with E-state index in [-0.39, 0.29) is 12.0 Å². The molecule has 0 radical (unpaired) electrons. The third-order valence-corrected chi connectivity index (χ3v) is 5.96. The summed E-state index contributed by atoms with van der Waals surface area (Å²) in [6, 6.07) is 0. The van der Waals surface area contributed by atoms with Gasteiger partial charge in [-0.15, -0.1) is 0 Å². The highest BCUT2D eigenvalue weighted by Gasteiger charge is 2.37. The Bertz CT molecular complexity index is 405. The van der Waals surface area contributed by atoms with Crippen molar-refractivity contribution in [2.24, 2.45) is 5.41 Å². The highest BCUT2D eigenvalue weighted by Crippen LogP contribution is 2.39. The summed E-state index contributed by atoms with van der Waals surface area (Å²) in [5, 5.41) is 10.6. The van der Waals surface area contributed by atoms with Gasteiger partial charge in [0.05, 0.1) is 5.60 Å². The molecule has 0 amide bonds. The molecule has 0 aliphatic heterocycles. The van der Waals surface area contributed by atoms with Crippen LogP contribution in [0, 0.1) is 5.41 Å². The van der Waals surface area contributed by atoms with Gasteiger partial charge in [-0.2, -0.15) is 17.4 Å². The fraction of sp³-hybridized carbons (Fsp3) is 1.00. The summed E-state index contributed by atoms with van der Waals surface area (Å²) < 4.78 is 28.7. The molecular formula is C15H32N2O3S. The molecule has 0 atom stereocenters. The van der Waals surface area contributed by atoms with E-state index < -0.39 is 15.8 Å². The molecule has 21 heavy (non-hydrogen) atoms. The van der Waals surface area contributed by atoms with Crippen LogP contribution in [0.15, 0.2) is 0 Å². The maximum atomic E-state index is 12.3. The van der Waals surface area contributed by atoms with Gasteiger partial charge in [0.25, 0.3) is 10.2 Å². The molecule has 1 aliphatic carbocycles. The lowest BCUT2D eigenvalue weighted by Gasteiger charge is -2.40. The van der Waals surface area contributed by atoms with E-state index >= 15 is 0 Å². The first kappa shape index (κ1) is 18.9. The Morgan fingerprint density at radius 1 is 1.05 bits per heavy atom. The largest absolute Gasteiger partial charge is 0.389 e. The first-order valence-electron chi connectivity index (χ1n) is 8.11. The van der Waals surface area contributed by atoms with Gasteiger partial charge >= 0.3 is 0 Å². The van der Waals surface area contributed by atoms with Crippen molar-refractivity contribution in [2.75, 3.05) is 19.6 Å². The monoisotopic (exact) mass is 320 g/mol. The number of nitrogens with zero attached hydrogens (tertiary/aromatic N) is 1. The van der Waals surface area contributed by atoms with Gasteiger partial charge in [0, 0.05) is 19.6 Å². The fourth-order valence-electron chi connectivity index (χ4n) is 2.74. The molecule has 0 unspecified atom stereocenters. The molecule has 1 fully saturated rings. The molecule has 2 N–H and O–H groups in total. The van der Waals surface area contributed by atoms with Crippen LogP contribution >= 0.6 is 0 Å². The Kier molecular flexibility index (Phi) is 6.65. The predicted molar refractivity (Wildman–Crippen MR) is 86.3 cm³/mol. The second kappa shape index (κ2) is 7.40. The minimum Gasteiger partial charge on any atom is -0.389 e. The Balaban J connectivity index is 2.60. The molecule has 1 aliphatic rings. The van der Waals surface area contributed by atoms with Gasteiger partial charge in [-0.1, -0.05) is 27.7 Å². The van der Waals surface area contributed by atoms with Crippen molar-refractivity contribution >= 4 is 10.2 Å². The summed E-state index contributed by atoms with van der Waals surface area (Å²) >= 11 is 0. The quantitative estimate of drug-likeness (QED) is 0.721. The molecule has 0 saturated heterocycles. The van der Waals surface area contributed by atoms with E-state index in [0.717, 1.165) is 25.7 Å². The number of rotatable bonds is 8. The fourth-order valence-corrected chi connectivity index (χ4v) is 4.22. The third-order valence-electron chi connectivity index (χ3n) is 4.40. The summed E-state index contributed by atoms with van der Waals surface area (Å²) in [6.45, 7) is 9.49. The smallest absolute Gasteiger partial charge is 0.279 e. The zero-order valence-corrected chi connectivity index (χ0v) is 14.8. The average molecular weight is 320 g/mol. The molecular weight excluding hydrogens is 288 g/mol. The van der Waals surface area contributed by atoms with E-state index in [9.17, 15) is 13.5 Å². The lowest BCUT2D eigenvalue weighted by molar-refractivity contribution is -0.0208. The number of hydrogen-bond donors (Lipinski definition) is 2. The minimum atomic E-state index is -3.49. The highest BCUT2D eigenvalue weighted by molar-refractivity contribution is 7.87. The van der Waals surface area contributed by atoms with Gasteiger partial charge in [-0.25, -0.2) is 0 Å². The Hall–Kier alpha value is -0.170. The van der Waals surface area contributed by atoms with Crippen LogP contribution in [-0.2, 0) is 10.2 Å². The van der Waals surface area contributed by atoms with Crippen LogP contribution in [0.5, 0.6) is 0 Å². The Labute approximate surface area is 130 Å². The van der Waals surface area contributed by atoms with E-state index in [1.165, 1.54) is 4.31 Å². The zero-order valence-electron chi connectivity index (χ0n) is 14.0. The van der Waals surface area contributed by atoms with Crippen LogP contribution in [-0.4, -0.2) is 43.1 Å². The topological polar surface area (TPSA) is 69.6 Å². The summed E-state index contributed by atoms with van der Waals surface area (Å²) in [4.78, 5) is 0. The maximum absolute atomic E-state index is 12.3. The van der Waals surface area contributed by atoms with Crippen molar-refractivity contribution in [1.29, 1.82) is 0 Å². The summed E-state index contributed by atoms with van der Waals surface area (Å²) in [6.07, 6.45) is 4.75. The van der Waals surface area contributed by atoms with Crippen LogP contribution in [0.3, 0.4) is 0 Å². The minimum absolute atomic E-state index is 0.120. The molecule has 5 nitrogen and oxygen atoms in total. The molecule has 1 rings (SSSR count). The van der Waals surface area contributed by atoms with E-state index in [4.69, 9.17) is 0 Å². The number of aliphatic hydroxyl groups is 1. The second-order valence-corrected chi connectivity index (χ2v) is 8.87. The molecule has 0 spiro atoms. The van der Waals surface area contributed by atoms with Crippen LogP contribution in [0.25, 0.3) is 0 Å². The van der Waals surface area contributed by atoms with Crippen molar-refractivity contribution in [3.63, 3.8) is 0 Å². The first-order valence-corrected chi connectivity index (χ1v) is 9.55. The normalized spacial score (nSPS) is 21.6. The molecule has 0 bridgehead atoms. The summed E-state index contributed by atoms with van der Waals surface area (Å²) in [5.41, 5.74) is -0.645. The molecule has 0 aromatic heterocycles. The lowest BCUT2D eigenvalue weighted by atomic mass is 9.71. The van der Waals surface area contributed by atoms with Crippen LogP contribution in [0.4, 0.5) is 0 Å². The molecule has 6 heteroatoms. The molecule has 1 saturated carbocycles. The van der Waals surface area contributed by atoms with Gasteiger partial charge in [-0.05, 0) is 43.9 Å². The van der Waals surface area contributed by atoms with Crippen molar-refractivity contribution in [2.45, 2.75) is 71.8 Å². The van der Waals surface area contributed by atoms with Gasteiger partial charge < -0.3 is 5.11 Å². The van der Waals surface area contributed by atoms with Gasteiger partial charge in [0.15, 0.2) is 0 Å². The Morgan fingerprint density at radius 2 is 1.52 bits per heavy atom. The standard InChI is InChI=1S/C15H32N2O3S/c1-5-11-17(12-6-2)21(19,20)16-13-15(18)9-7-14(3,4)8-10-15/h16,18H,5-13H2,1-4H3. The van der Waals surface area contributed by atoms with E-state index in [2.05, 4.69) is 18.6 Å².